The van der Waals surface area contributed by atoms with Gasteiger partial charge in [-0.2, -0.15) is 8.42 Å². The molecule has 0 radical (unpaired) electrons. The smallest absolute Gasteiger partial charge is 0.278 e. The van der Waals surface area contributed by atoms with Crippen LogP contribution in [-0.4, -0.2) is 13.4 Å². The highest BCUT2D eigenvalue weighted by molar-refractivity contribution is 14.1. The van der Waals surface area contributed by atoms with E-state index in [4.69, 9.17) is 0 Å². The molecule has 0 amide bonds. The van der Waals surface area contributed by atoms with Gasteiger partial charge in [0.25, 0.3) is 10.0 Å². The molecule has 0 saturated heterocycles. The fourth-order valence-corrected chi connectivity index (χ4v) is 2.93. The van der Waals surface area contributed by atoms with Crippen molar-refractivity contribution in [1.29, 1.82) is 0 Å². The first-order valence-corrected chi connectivity index (χ1v) is 7.44. The van der Waals surface area contributed by atoms with Crippen molar-refractivity contribution in [2.45, 2.75) is 5.03 Å². The molecule has 0 saturated carbocycles. The molecular weight excluding hydrogens is 370 g/mol. The van der Waals surface area contributed by atoms with Crippen LogP contribution in [0.1, 0.15) is 0 Å². The van der Waals surface area contributed by atoms with Gasteiger partial charge >= 0.3 is 0 Å². The van der Waals surface area contributed by atoms with Crippen LogP contribution < -0.4 is 4.72 Å². The third kappa shape index (κ3) is 2.96. The quantitative estimate of drug-likeness (QED) is 0.836. The molecule has 2 rings (SSSR count). The summed E-state index contributed by atoms with van der Waals surface area (Å²) in [5, 5.41) is -0.608. The van der Waals surface area contributed by atoms with Gasteiger partial charge in [-0.1, -0.05) is 6.07 Å². The van der Waals surface area contributed by atoms with E-state index in [2.05, 4.69) is 32.3 Å². The molecule has 0 spiro atoms. The number of nitrogens with one attached hydrogen (secondary N) is 1. The summed E-state index contributed by atoms with van der Waals surface area (Å²) >= 11 is 2.05. The Bertz CT molecular complexity index is 676. The monoisotopic (exact) mass is 378 g/mol. The minimum atomic E-state index is -4.00. The molecule has 0 bridgehead atoms. The van der Waals surface area contributed by atoms with Crippen LogP contribution in [0, 0.1) is 9.39 Å². The number of rotatable bonds is 3. The number of hydrogen-bond donors (Lipinski definition) is 1. The summed E-state index contributed by atoms with van der Waals surface area (Å²) in [6.07, 6.45) is 1.23. The molecule has 4 nitrogen and oxygen atoms in total. The summed E-state index contributed by atoms with van der Waals surface area (Å²) < 4.78 is 40.4. The molecule has 7 heteroatoms. The van der Waals surface area contributed by atoms with Crippen molar-refractivity contribution in [3.05, 3.63) is 52.0 Å². The lowest BCUT2D eigenvalue weighted by Gasteiger charge is -2.07. The molecule has 18 heavy (non-hydrogen) atoms. The fourth-order valence-electron chi connectivity index (χ4n) is 1.32. The first-order valence-electron chi connectivity index (χ1n) is 4.88. The van der Waals surface area contributed by atoms with Crippen LogP contribution in [-0.2, 0) is 10.0 Å². The Morgan fingerprint density at radius 1 is 1.22 bits per heavy atom. The summed E-state index contributed by atoms with van der Waals surface area (Å²) in [7, 11) is -4.00. The normalized spacial score (nSPS) is 11.2. The predicted octanol–water partition coefficient (Wildman–Crippen LogP) is 2.63. The van der Waals surface area contributed by atoms with Gasteiger partial charge in [-0.3, -0.25) is 4.72 Å². The van der Waals surface area contributed by atoms with Crippen molar-refractivity contribution in [3.63, 3.8) is 0 Å². The van der Waals surface area contributed by atoms with E-state index in [0.717, 1.165) is 9.64 Å². The lowest BCUT2D eigenvalue weighted by Crippen LogP contribution is -2.16. The van der Waals surface area contributed by atoms with Gasteiger partial charge < -0.3 is 0 Å². The SMILES string of the molecule is O=S(=O)(Nc1cccc(I)c1)c1ncccc1F. The molecule has 0 atom stereocenters. The average molecular weight is 378 g/mol. The van der Waals surface area contributed by atoms with Crippen LogP contribution in [0.2, 0.25) is 0 Å². The molecule has 1 heterocycles. The first-order chi connectivity index (χ1) is 8.49. The maximum absolute atomic E-state index is 13.4. The van der Waals surface area contributed by atoms with Crippen molar-refractivity contribution >= 4 is 38.3 Å². The van der Waals surface area contributed by atoms with Crippen molar-refractivity contribution in [2.24, 2.45) is 0 Å². The molecule has 2 aromatic rings. The van der Waals surface area contributed by atoms with Crippen molar-refractivity contribution in [3.8, 4) is 0 Å². The first kappa shape index (κ1) is 13.2. The summed E-state index contributed by atoms with van der Waals surface area (Å²) in [6, 6.07) is 9.13. The van der Waals surface area contributed by atoms with E-state index >= 15 is 0 Å². The molecule has 0 aliphatic rings. The highest BCUT2D eigenvalue weighted by Crippen LogP contribution is 2.18. The number of anilines is 1. The van der Waals surface area contributed by atoms with Gasteiger partial charge in [-0.25, -0.2) is 9.37 Å². The lowest BCUT2D eigenvalue weighted by atomic mass is 10.3. The van der Waals surface area contributed by atoms with Crippen LogP contribution in [0.4, 0.5) is 10.1 Å². The van der Waals surface area contributed by atoms with Crippen LogP contribution in [0.3, 0.4) is 0 Å². The fraction of sp³-hybridized carbons (Fsp3) is 0. The minimum Gasteiger partial charge on any atom is -0.278 e. The lowest BCUT2D eigenvalue weighted by molar-refractivity contribution is 0.557. The van der Waals surface area contributed by atoms with Gasteiger partial charge in [0.05, 0.1) is 0 Å². The number of benzene rings is 1. The number of hydrogen-bond acceptors (Lipinski definition) is 3. The number of nitrogens with zero attached hydrogens (tertiary/aromatic N) is 1. The molecule has 0 unspecified atom stereocenters. The molecule has 1 N–H and O–H groups in total. The minimum absolute atomic E-state index is 0.368. The Morgan fingerprint density at radius 2 is 2.00 bits per heavy atom. The van der Waals surface area contributed by atoms with Crippen LogP contribution in [0.25, 0.3) is 0 Å². The van der Waals surface area contributed by atoms with Gasteiger partial charge in [-0.05, 0) is 52.9 Å². The summed E-state index contributed by atoms with van der Waals surface area (Å²) in [5.41, 5.74) is 0.368. The van der Waals surface area contributed by atoms with Gasteiger partial charge in [0, 0.05) is 15.5 Å². The zero-order chi connectivity index (χ0) is 13.2. The van der Waals surface area contributed by atoms with E-state index < -0.39 is 20.9 Å². The van der Waals surface area contributed by atoms with E-state index in [0.29, 0.717) is 5.69 Å². The van der Waals surface area contributed by atoms with E-state index in [9.17, 15) is 12.8 Å². The number of aromatic nitrogens is 1. The van der Waals surface area contributed by atoms with Crippen molar-refractivity contribution < 1.29 is 12.8 Å². The second-order valence-corrected chi connectivity index (χ2v) is 6.25. The van der Waals surface area contributed by atoms with Gasteiger partial charge in [0.2, 0.25) is 5.03 Å². The largest absolute Gasteiger partial charge is 0.282 e. The third-order valence-corrected chi connectivity index (χ3v) is 4.04. The van der Waals surface area contributed by atoms with Crippen molar-refractivity contribution in [1.82, 2.24) is 4.98 Å². The molecule has 0 aliphatic heterocycles. The Balaban J connectivity index is 2.37. The highest BCUT2D eigenvalue weighted by Gasteiger charge is 2.20. The van der Waals surface area contributed by atoms with Gasteiger partial charge in [0.15, 0.2) is 5.82 Å². The number of sulfonamides is 1. The maximum Gasteiger partial charge on any atom is 0.282 e. The van der Waals surface area contributed by atoms with Crippen LogP contribution >= 0.6 is 22.6 Å². The van der Waals surface area contributed by atoms with Crippen LogP contribution in [0.5, 0.6) is 0 Å². The molecule has 94 valence electrons. The van der Waals surface area contributed by atoms with Crippen LogP contribution in [0.15, 0.2) is 47.6 Å². The Labute approximate surface area is 117 Å². The Morgan fingerprint density at radius 3 is 2.67 bits per heavy atom. The van der Waals surface area contributed by atoms with E-state index in [-0.39, 0.29) is 0 Å². The summed E-state index contributed by atoms with van der Waals surface area (Å²) in [6.45, 7) is 0. The summed E-state index contributed by atoms with van der Waals surface area (Å²) in [5.74, 6) is -0.879. The number of halogens is 2. The van der Waals surface area contributed by atoms with E-state index in [1.807, 2.05) is 6.07 Å². The molecule has 1 aromatic carbocycles. The van der Waals surface area contributed by atoms with Gasteiger partial charge in [0.1, 0.15) is 0 Å². The number of pyridine rings is 1. The second-order valence-electron chi connectivity index (χ2n) is 3.41. The predicted molar refractivity (Wildman–Crippen MR) is 74.2 cm³/mol. The van der Waals surface area contributed by atoms with Crippen molar-refractivity contribution in [2.75, 3.05) is 4.72 Å². The zero-order valence-corrected chi connectivity index (χ0v) is 11.9. The molecule has 0 fully saturated rings. The standard InChI is InChI=1S/C11H8FIN2O2S/c12-10-5-2-6-14-11(10)18(16,17)15-9-4-1-3-8(13)7-9/h1-7,15H. The molecule has 1 aromatic heterocycles. The Hall–Kier alpha value is -1.22. The highest BCUT2D eigenvalue weighted by atomic mass is 127. The van der Waals surface area contributed by atoms with E-state index in [1.54, 1.807) is 18.2 Å². The maximum atomic E-state index is 13.4. The van der Waals surface area contributed by atoms with Gasteiger partial charge in [-0.15, -0.1) is 0 Å². The van der Waals surface area contributed by atoms with E-state index in [1.165, 1.54) is 12.3 Å². The molecule has 0 aliphatic carbocycles. The topological polar surface area (TPSA) is 59.1 Å². The average Bonchev–Trinajstić information content (AvgIpc) is 2.28. The summed E-state index contributed by atoms with van der Waals surface area (Å²) in [4.78, 5) is 3.54. The second kappa shape index (κ2) is 5.19. The third-order valence-electron chi connectivity index (χ3n) is 2.06. The molecular formula is C11H8FIN2O2S. The Kier molecular flexibility index (Phi) is 3.81. The zero-order valence-electron chi connectivity index (χ0n) is 8.97.